The molecular formula is C15H20O5S. The van der Waals surface area contributed by atoms with Crippen LogP contribution in [0.5, 0.6) is 0 Å². The summed E-state index contributed by atoms with van der Waals surface area (Å²) >= 11 is 0. The normalized spacial score (nSPS) is 39.7. The number of allylic oxidation sites excluding steroid dienone is 1. The van der Waals surface area contributed by atoms with Crippen molar-refractivity contribution < 1.29 is 22.5 Å². The fourth-order valence-electron chi connectivity index (χ4n) is 4.26. The van der Waals surface area contributed by atoms with Crippen molar-refractivity contribution in [1.82, 2.24) is 0 Å². The summed E-state index contributed by atoms with van der Waals surface area (Å²) in [5.74, 6) is -1.67. The van der Waals surface area contributed by atoms with Crippen LogP contribution in [0, 0.1) is 23.7 Å². The maximum atomic E-state index is 12.1. The van der Waals surface area contributed by atoms with Crippen LogP contribution in [0.1, 0.15) is 25.7 Å². The van der Waals surface area contributed by atoms with E-state index in [4.69, 9.17) is 9.29 Å². The van der Waals surface area contributed by atoms with Crippen LogP contribution in [0.4, 0.5) is 0 Å². The Labute approximate surface area is 124 Å². The summed E-state index contributed by atoms with van der Waals surface area (Å²) < 4.78 is 36.9. The highest BCUT2D eigenvalue weighted by atomic mass is 32.2. The molecule has 3 rings (SSSR count). The first-order chi connectivity index (χ1) is 9.78. The summed E-state index contributed by atoms with van der Waals surface area (Å²) in [6.07, 6.45) is 3.01. The number of rotatable bonds is 2. The van der Waals surface area contributed by atoms with Gasteiger partial charge in [0.1, 0.15) is 6.10 Å². The van der Waals surface area contributed by atoms with Crippen LogP contribution in [0.25, 0.3) is 0 Å². The van der Waals surface area contributed by atoms with E-state index >= 15 is 0 Å². The van der Waals surface area contributed by atoms with Crippen LogP contribution >= 0.6 is 0 Å². The molecule has 5 atom stereocenters. The number of carbonyl (C=O) groups excluding carboxylic acids is 1. The van der Waals surface area contributed by atoms with Gasteiger partial charge in [0.15, 0.2) is 0 Å². The van der Waals surface area contributed by atoms with Gasteiger partial charge in [0.05, 0.1) is 11.7 Å². The first-order valence-electron chi connectivity index (χ1n) is 7.29. The van der Waals surface area contributed by atoms with Gasteiger partial charge >= 0.3 is 5.97 Å². The molecule has 0 unspecified atom stereocenters. The lowest BCUT2D eigenvalue weighted by molar-refractivity contribution is -0.145. The fourth-order valence-corrected chi connectivity index (χ4v) is 5.10. The largest absolute Gasteiger partial charge is 0.461 e. The predicted octanol–water partition coefficient (Wildman–Crippen LogP) is 1.96. The summed E-state index contributed by atoms with van der Waals surface area (Å²) in [6, 6.07) is 0. The molecule has 5 nitrogen and oxygen atoms in total. The van der Waals surface area contributed by atoms with Crippen molar-refractivity contribution in [2.45, 2.75) is 31.8 Å². The SMILES string of the molecule is C=C1CC[C@@H]2C(=C)CC[C@H]3[C@@H](OC(=O)[C@@H]3CS(=O)(=O)O)[C@H]12. The standard InChI is InChI=1S/C15H20O5S/c1-8-3-6-11-12(7-21(17,18)19)15(16)20-14(11)13-9(2)4-5-10(8)13/h10-14H,1-7H2,(H,17,18,19)/t10-,11-,12-,13-,14-/m1/s1. The molecule has 1 saturated heterocycles. The van der Waals surface area contributed by atoms with Crippen LogP contribution in [0.3, 0.4) is 0 Å². The molecule has 0 amide bonds. The molecule has 6 heteroatoms. The Hall–Kier alpha value is -1.14. The van der Waals surface area contributed by atoms with Crippen LogP contribution in [0.15, 0.2) is 24.3 Å². The molecule has 1 aliphatic heterocycles. The van der Waals surface area contributed by atoms with E-state index in [1.165, 1.54) is 0 Å². The van der Waals surface area contributed by atoms with Gasteiger partial charge in [-0.15, -0.1) is 0 Å². The van der Waals surface area contributed by atoms with Crippen LogP contribution in [-0.2, 0) is 19.6 Å². The van der Waals surface area contributed by atoms with Crippen molar-refractivity contribution in [3.05, 3.63) is 24.3 Å². The first-order valence-corrected chi connectivity index (χ1v) is 8.90. The van der Waals surface area contributed by atoms with E-state index in [1.807, 2.05) is 0 Å². The average Bonchev–Trinajstić information content (AvgIpc) is 2.83. The van der Waals surface area contributed by atoms with Gasteiger partial charge in [-0.1, -0.05) is 24.3 Å². The van der Waals surface area contributed by atoms with Crippen molar-refractivity contribution in [3.8, 4) is 0 Å². The molecular weight excluding hydrogens is 292 g/mol. The van der Waals surface area contributed by atoms with E-state index in [0.29, 0.717) is 6.42 Å². The Morgan fingerprint density at radius 1 is 1.19 bits per heavy atom. The summed E-state index contributed by atoms with van der Waals surface area (Å²) in [5, 5.41) is 0. The highest BCUT2D eigenvalue weighted by Gasteiger charge is 2.54. The zero-order valence-corrected chi connectivity index (χ0v) is 12.6. The molecule has 21 heavy (non-hydrogen) atoms. The van der Waals surface area contributed by atoms with Crippen molar-refractivity contribution in [1.29, 1.82) is 0 Å². The van der Waals surface area contributed by atoms with Gasteiger partial charge in [0.2, 0.25) is 0 Å². The molecule has 0 aromatic carbocycles. The van der Waals surface area contributed by atoms with Gasteiger partial charge in [-0.25, -0.2) is 0 Å². The Morgan fingerprint density at radius 2 is 1.86 bits per heavy atom. The molecule has 1 N–H and O–H groups in total. The second-order valence-electron chi connectivity index (χ2n) is 6.45. The van der Waals surface area contributed by atoms with E-state index in [9.17, 15) is 13.2 Å². The minimum Gasteiger partial charge on any atom is -0.461 e. The quantitative estimate of drug-likeness (QED) is 0.479. The van der Waals surface area contributed by atoms with E-state index in [0.717, 1.165) is 30.4 Å². The zero-order chi connectivity index (χ0) is 15.4. The molecule has 2 saturated carbocycles. The van der Waals surface area contributed by atoms with E-state index < -0.39 is 27.8 Å². The molecule has 3 aliphatic rings. The number of hydrogen-bond donors (Lipinski definition) is 1. The third-order valence-electron chi connectivity index (χ3n) is 5.24. The summed E-state index contributed by atoms with van der Waals surface area (Å²) in [7, 11) is -4.20. The Balaban J connectivity index is 1.93. The maximum Gasteiger partial charge on any atom is 0.310 e. The molecule has 0 spiro atoms. The molecule has 0 aromatic heterocycles. The van der Waals surface area contributed by atoms with Crippen molar-refractivity contribution in [3.63, 3.8) is 0 Å². The Morgan fingerprint density at radius 3 is 2.52 bits per heavy atom. The van der Waals surface area contributed by atoms with Gasteiger partial charge in [0, 0.05) is 11.8 Å². The third kappa shape index (κ3) is 2.55. The Bertz CT molecular complexity index is 606. The molecule has 0 radical (unpaired) electrons. The lowest BCUT2D eigenvalue weighted by atomic mass is 9.80. The molecule has 116 valence electrons. The van der Waals surface area contributed by atoms with Gasteiger partial charge in [-0.3, -0.25) is 9.35 Å². The number of hydrogen-bond acceptors (Lipinski definition) is 4. The monoisotopic (exact) mass is 312 g/mol. The van der Waals surface area contributed by atoms with Crippen LogP contribution in [-0.4, -0.2) is 30.8 Å². The topological polar surface area (TPSA) is 80.7 Å². The van der Waals surface area contributed by atoms with Crippen LogP contribution in [0.2, 0.25) is 0 Å². The van der Waals surface area contributed by atoms with Gasteiger partial charge in [-0.2, -0.15) is 8.42 Å². The molecule has 0 bridgehead atoms. The molecule has 0 aromatic rings. The highest BCUT2D eigenvalue weighted by Crippen LogP contribution is 2.52. The second-order valence-corrected chi connectivity index (χ2v) is 7.94. The number of ether oxygens (including phenoxy) is 1. The molecule has 2 aliphatic carbocycles. The number of fused-ring (bicyclic) bond motifs is 3. The van der Waals surface area contributed by atoms with Gasteiger partial charge in [0.25, 0.3) is 10.1 Å². The highest BCUT2D eigenvalue weighted by molar-refractivity contribution is 7.85. The summed E-state index contributed by atoms with van der Waals surface area (Å²) in [6.45, 7) is 8.25. The smallest absolute Gasteiger partial charge is 0.310 e. The van der Waals surface area contributed by atoms with E-state index in [1.54, 1.807) is 0 Å². The molecule has 3 fully saturated rings. The van der Waals surface area contributed by atoms with E-state index in [2.05, 4.69) is 13.2 Å². The molecule has 1 heterocycles. The van der Waals surface area contributed by atoms with Crippen molar-refractivity contribution in [2.24, 2.45) is 23.7 Å². The lowest BCUT2D eigenvalue weighted by Crippen LogP contribution is -2.31. The lowest BCUT2D eigenvalue weighted by Gasteiger charge is -2.26. The number of esters is 1. The zero-order valence-electron chi connectivity index (χ0n) is 11.8. The predicted molar refractivity (Wildman–Crippen MR) is 77.0 cm³/mol. The number of carbonyl (C=O) groups is 1. The first kappa shape index (κ1) is 14.8. The van der Waals surface area contributed by atoms with Crippen molar-refractivity contribution in [2.75, 3.05) is 5.75 Å². The third-order valence-corrected chi connectivity index (χ3v) is 6.02. The van der Waals surface area contributed by atoms with E-state index in [-0.39, 0.29) is 23.9 Å². The minimum absolute atomic E-state index is 0.0559. The Kier molecular flexibility index (Phi) is 3.48. The van der Waals surface area contributed by atoms with Crippen LogP contribution < -0.4 is 0 Å². The van der Waals surface area contributed by atoms with Gasteiger partial charge in [-0.05, 0) is 31.6 Å². The van der Waals surface area contributed by atoms with Gasteiger partial charge < -0.3 is 4.74 Å². The average molecular weight is 312 g/mol. The fraction of sp³-hybridized carbons (Fsp3) is 0.667. The maximum absolute atomic E-state index is 12.1. The summed E-state index contributed by atoms with van der Waals surface area (Å²) in [5.41, 5.74) is 2.22. The minimum atomic E-state index is -4.20. The summed E-state index contributed by atoms with van der Waals surface area (Å²) in [4.78, 5) is 12.1. The van der Waals surface area contributed by atoms with Crippen molar-refractivity contribution >= 4 is 16.1 Å². The second kappa shape index (κ2) is 4.95.